The van der Waals surface area contributed by atoms with Crippen LogP contribution in [0.1, 0.15) is 43.9 Å². The van der Waals surface area contributed by atoms with Crippen molar-refractivity contribution in [1.82, 2.24) is 0 Å². The Balaban J connectivity index is 2.00. The molecule has 0 heterocycles. The van der Waals surface area contributed by atoms with Gasteiger partial charge in [-0.25, -0.2) is 0 Å². The molecule has 2 rings (SSSR count). The molecule has 0 bridgehead atoms. The van der Waals surface area contributed by atoms with Gasteiger partial charge in [0.15, 0.2) is 0 Å². The number of rotatable bonds is 6. The minimum atomic E-state index is 0.310. The summed E-state index contributed by atoms with van der Waals surface area (Å²) >= 11 is 3.50. The van der Waals surface area contributed by atoms with Crippen molar-refractivity contribution < 1.29 is 0 Å². The third-order valence-electron chi connectivity index (χ3n) is 3.51. The van der Waals surface area contributed by atoms with Crippen LogP contribution in [-0.2, 0) is 6.42 Å². The first kappa shape index (κ1) is 15.1. The van der Waals surface area contributed by atoms with Gasteiger partial charge in [0, 0.05) is 16.2 Å². The number of unbranched alkanes of at least 4 members (excludes halogenated alkanes) is 1. The molecule has 2 aromatic rings. The van der Waals surface area contributed by atoms with Crippen molar-refractivity contribution in [3.05, 3.63) is 64.1 Å². The summed E-state index contributed by atoms with van der Waals surface area (Å²) < 4.78 is 1.10. The molecule has 0 saturated heterocycles. The maximum Gasteiger partial charge on any atom is 0.0485 e. The topological polar surface area (TPSA) is 12.0 Å². The van der Waals surface area contributed by atoms with Crippen LogP contribution in [0, 0.1) is 0 Å². The molecule has 1 unspecified atom stereocenters. The molecular formula is C18H22BrN. The van der Waals surface area contributed by atoms with Gasteiger partial charge in [0.2, 0.25) is 0 Å². The van der Waals surface area contributed by atoms with Gasteiger partial charge in [0.05, 0.1) is 0 Å². The van der Waals surface area contributed by atoms with E-state index in [0.717, 1.165) is 10.2 Å². The molecule has 0 amide bonds. The normalized spacial score (nSPS) is 12.2. The summed E-state index contributed by atoms with van der Waals surface area (Å²) in [7, 11) is 0. The highest BCUT2D eigenvalue weighted by atomic mass is 79.9. The molecule has 2 heteroatoms. The SMILES string of the molecule is CCCCc1ccc(C(C)Nc2cccc(Br)c2)cc1. The smallest absolute Gasteiger partial charge is 0.0485 e. The predicted octanol–water partition coefficient (Wildman–Crippen LogP) is 5.96. The van der Waals surface area contributed by atoms with Crippen molar-refractivity contribution in [2.45, 2.75) is 39.2 Å². The summed E-state index contributed by atoms with van der Waals surface area (Å²) in [5, 5.41) is 3.53. The predicted molar refractivity (Wildman–Crippen MR) is 91.2 cm³/mol. The number of aryl methyl sites for hydroxylation is 1. The summed E-state index contributed by atoms with van der Waals surface area (Å²) in [5.41, 5.74) is 3.90. The first-order valence-corrected chi connectivity index (χ1v) is 8.09. The first-order chi connectivity index (χ1) is 9.69. The van der Waals surface area contributed by atoms with Crippen LogP contribution in [0.3, 0.4) is 0 Å². The number of halogens is 1. The molecule has 0 radical (unpaired) electrons. The van der Waals surface area contributed by atoms with Crippen LogP contribution < -0.4 is 5.32 Å². The van der Waals surface area contributed by atoms with Crippen molar-refractivity contribution in [2.24, 2.45) is 0 Å². The Bertz CT molecular complexity index is 533. The first-order valence-electron chi connectivity index (χ1n) is 7.30. The van der Waals surface area contributed by atoms with E-state index in [2.05, 4.69) is 71.5 Å². The standard InChI is InChI=1S/C18H22BrN/c1-3-4-6-15-9-11-16(12-10-15)14(2)20-18-8-5-7-17(19)13-18/h5,7-14,20H,3-4,6H2,1-2H3. The van der Waals surface area contributed by atoms with Gasteiger partial charge in [0.25, 0.3) is 0 Å². The van der Waals surface area contributed by atoms with E-state index in [0.29, 0.717) is 6.04 Å². The Morgan fingerprint density at radius 2 is 1.85 bits per heavy atom. The van der Waals surface area contributed by atoms with Crippen LogP contribution in [0.2, 0.25) is 0 Å². The summed E-state index contributed by atoms with van der Waals surface area (Å²) in [4.78, 5) is 0. The van der Waals surface area contributed by atoms with Gasteiger partial charge < -0.3 is 5.32 Å². The summed E-state index contributed by atoms with van der Waals surface area (Å²) in [6, 6.07) is 17.6. The zero-order chi connectivity index (χ0) is 14.4. The Morgan fingerprint density at radius 1 is 1.10 bits per heavy atom. The zero-order valence-corrected chi connectivity index (χ0v) is 13.8. The second-order valence-electron chi connectivity index (χ2n) is 5.22. The van der Waals surface area contributed by atoms with Crippen LogP contribution in [-0.4, -0.2) is 0 Å². The van der Waals surface area contributed by atoms with Gasteiger partial charge in [-0.15, -0.1) is 0 Å². The van der Waals surface area contributed by atoms with Crippen LogP contribution in [0.4, 0.5) is 5.69 Å². The maximum atomic E-state index is 3.53. The largest absolute Gasteiger partial charge is 0.378 e. The van der Waals surface area contributed by atoms with Crippen LogP contribution in [0.5, 0.6) is 0 Å². The van der Waals surface area contributed by atoms with E-state index in [9.17, 15) is 0 Å². The average molecular weight is 332 g/mol. The molecule has 1 N–H and O–H groups in total. The fourth-order valence-corrected chi connectivity index (χ4v) is 2.66. The number of hydrogen-bond acceptors (Lipinski definition) is 1. The monoisotopic (exact) mass is 331 g/mol. The Morgan fingerprint density at radius 3 is 2.50 bits per heavy atom. The van der Waals surface area contributed by atoms with Gasteiger partial charge in [-0.1, -0.05) is 59.6 Å². The van der Waals surface area contributed by atoms with E-state index >= 15 is 0 Å². The lowest BCUT2D eigenvalue weighted by Crippen LogP contribution is -2.06. The number of hydrogen-bond donors (Lipinski definition) is 1. The number of anilines is 1. The highest BCUT2D eigenvalue weighted by Crippen LogP contribution is 2.22. The van der Waals surface area contributed by atoms with Crippen LogP contribution >= 0.6 is 15.9 Å². The molecule has 106 valence electrons. The van der Waals surface area contributed by atoms with Gasteiger partial charge >= 0.3 is 0 Å². The summed E-state index contributed by atoms with van der Waals surface area (Å²) in [6.07, 6.45) is 3.71. The summed E-state index contributed by atoms with van der Waals surface area (Å²) in [6.45, 7) is 4.43. The highest BCUT2D eigenvalue weighted by Gasteiger charge is 2.05. The lowest BCUT2D eigenvalue weighted by molar-refractivity contribution is 0.793. The molecule has 0 aliphatic heterocycles. The third-order valence-corrected chi connectivity index (χ3v) is 4.00. The molecular weight excluding hydrogens is 310 g/mol. The van der Waals surface area contributed by atoms with Crippen LogP contribution in [0.25, 0.3) is 0 Å². The molecule has 20 heavy (non-hydrogen) atoms. The second kappa shape index (κ2) is 7.49. The van der Waals surface area contributed by atoms with Gasteiger partial charge in [-0.3, -0.25) is 0 Å². The minimum absolute atomic E-state index is 0.310. The van der Waals surface area contributed by atoms with E-state index in [-0.39, 0.29) is 0 Å². The Hall–Kier alpha value is -1.28. The molecule has 0 fully saturated rings. The second-order valence-corrected chi connectivity index (χ2v) is 6.14. The molecule has 1 atom stereocenters. The number of nitrogens with one attached hydrogen (secondary N) is 1. The van der Waals surface area contributed by atoms with Gasteiger partial charge in [-0.05, 0) is 49.1 Å². The molecule has 2 aromatic carbocycles. The average Bonchev–Trinajstić information content (AvgIpc) is 2.45. The van der Waals surface area contributed by atoms with E-state index < -0.39 is 0 Å². The van der Waals surface area contributed by atoms with Crippen molar-refractivity contribution in [1.29, 1.82) is 0 Å². The van der Waals surface area contributed by atoms with E-state index in [1.807, 2.05) is 12.1 Å². The fourth-order valence-electron chi connectivity index (χ4n) is 2.27. The molecule has 0 aromatic heterocycles. The zero-order valence-electron chi connectivity index (χ0n) is 12.2. The molecule has 0 aliphatic rings. The molecule has 0 spiro atoms. The molecule has 0 aliphatic carbocycles. The minimum Gasteiger partial charge on any atom is -0.378 e. The van der Waals surface area contributed by atoms with E-state index in [4.69, 9.17) is 0 Å². The highest BCUT2D eigenvalue weighted by molar-refractivity contribution is 9.10. The van der Waals surface area contributed by atoms with Crippen molar-refractivity contribution in [3.8, 4) is 0 Å². The Labute approximate surface area is 130 Å². The van der Waals surface area contributed by atoms with Crippen LogP contribution in [0.15, 0.2) is 53.0 Å². The summed E-state index contributed by atoms with van der Waals surface area (Å²) in [5.74, 6) is 0. The molecule has 1 nitrogen and oxygen atoms in total. The van der Waals surface area contributed by atoms with E-state index in [1.54, 1.807) is 0 Å². The van der Waals surface area contributed by atoms with Gasteiger partial charge in [0.1, 0.15) is 0 Å². The fraction of sp³-hybridized carbons (Fsp3) is 0.333. The Kier molecular flexibility index (Phi) is 5.66. The van der Waals surface area contributed by atoms with Crippen molar-refractivity contribution in [2.75, 3.05) is 5.32 Å². The lowest BCUT2D eigenvalue weighted by Gasteiger charge is -2.16. The maximum absolute atomic E-state index is 3.53. The number of benzene rings is 2. The lowest BCUT2D eigenvalue weighted by atomic mass is 10.0. The van der Waals surface area contributed by atoms with Crippen molar-refractivity contribution in [3.63, 3.8) is 0 Å². The quantitative estimate of drug-likeness (QED) is 0.688. The van der Waals surface area contributed by atoms with Gasteiger partial charge in [-0.2, -0.15) is 0 Å². The molecule has 0 saturated carbocycles. The third kappa shape index (κ3) is 4.38. The van der Waals surface area contributed by atoms with Crippen molar-refractivity contribution >= 4 is 21.6 Å². The van der Waals surface area contributed by atoms with E-state index in [1.165, 1.54) is 30.4 Å².